The average molecular weight is 225 g/mol. The minimum atomic E-state index is 0.590. The fourth-order valence-corrected chi connectivity index (χ4v) is 2.90. The van der Waals surface area contributed by atoms with Crippen LogP contribution in [0.2, 0.25) is 0 Å². The monoisotopic (exact) mass is 225 g/mol. The molecule has 0 aliphatic carbocycles. The molecule has 0 spiro atoms. The van der Waals surface area contributed by atoms with Gasteiger partial charge in [0.25, 0.3) is 0 Å². The van der Waals surface area contributed by atoms with Crippen molar-refractivity contribution in [1.29, 1.82) is 0 Å². The van der Waals surface area contributed by atoms with Crippen molar-refractivity contribution < 1.29 is 0 Å². The largest absolute Gasteiger partial charge is 0.358 e. The van der Waals surface area contributed by atoms with E-state index in [1.54, 1.807) is 11.3 Å². The predicted molar refractivity (Wildman–Crippen MR) is 65.5 cm³/mol. The van der Waals surface area contributed by atoms with E-state index < -0.39 is 0 Å². The Morgan fingerprint density at radius 2 is 2.40 bits per heavy atom. The molecule has 1 aliphatic heterocycles. The maximum Gasteiger partial charge on any atom is 0.183 e. The minimum absolute atomic E-state index is 0.590. The van der Waals surface area contributed by atoms with Crippen LogP contribution in [0.3, 0.4) is 0 Å². The van der Waals surface area contributed by atoms with Gasteiger partial charge in [-0.15, -0.1) is 11.3 Å². The summed E-state index contributed by atoms with van der Waals surface area (Å²) in [6.07, 6.45) is 1.22. The molecule has 4 heteroatoms. The maximum absolute atomic E-state index is 4.45. The van der Waals surface area contributed by atoms with Crippen LogP contribution in [0.15, 0.2) is 5.38 Å². The van der Waals surface area contributed by atoms with E-state index in [1.807, 2.05) is 6.92 Å². The molecule has 2 rings (SSSR count). The highest BCUT2D eigenvalue weighted by Crippen LogP contribution is 2.22. The van der Waals surface area contributed by atoms with Gasteiger partial charge >= 0.3 is 0 Å². The lowest BCUT2D eigenvalue weighted by molar-refractivity contribution is 0.206. The Balaban J connectivity index is 1.94. The number of nitrogens with zero attached hydrogens (tertiary/aromatic N) is 2. The van der Waals surface area contributed by atoms with Crippen LogP contribution in [0.1, 0.15) is 19.0 Å². The van der Waals surface area contributed by atoms with Crippen LogP contribution in [-0.2, 0) is 0 Å². The number of hydrogen-bond acceptors (Lipinski definition) is 4. The Morgan fingerprint density at radius 3 is 3.00 bits per heavy atom. The number of piperidine rings is 1. The Labute approximate surface area is 95.5 Å². The van der Waals surface area contributed by atoms with Gasteiger partial charge in [0.1, 0.15) is 0 Å². The highest BCUT2D eigenvalue weighted by molar-refractivity contribution is 7.13. The van der Waals surface area contributed by atoms with Crippen molar-refractivity contribution in [3.63, 3.8) is 0 Å². The first kappa shape index (κ1) is 10.9. The first-order chi connectivity index (χ1) is 7.15. The van der Waals surface area contributed by atoms with Crippen LogP contribution < -0.4 is 5.32 Å². The molecule has 84 valence electrons. The van der Waals surface area contributed by atoms with Gasteiger partial charge in [-0.2, -0.15) is 0 Å². The second kappa shape index (κ2) is 4.49. The number of thiazole rings is 1. The van der Waals surface area contributed by atoms with E-state index in [0.717, 1.165) is 10.8 Å². The fraction of sp³-hybridized carbons (Fsp3) is 0.727. The zero-order chi connectivity index (χ0) is 10.8. The van der Waals surface area contributed by atoms with E-state index in [-0.39, 0.29) is 0 Å². The molecular formula is C11H19N3S. The van der Waals surface area contributed by atoms with E-state index in [0.29, 0.717) is 12.0 Å². The van der Waals surface area contributed by atoms with Gasteiger partial charge in [-0.05, 0) is 32.9 Å². The molecule has 1 aromatic rings. The Morgan fingerprint density at radius 1 is 1.60 bits per heavy atom. The second-order valence-corrected chi connectivity index (χ2v) is 5.43. The fourth-order valence-electron chi connectivity index (χ4n) is 2.15. The van der Waals surface area contributed by atoms with Crippen molar-refractivity contribution in [2.45, 2.75) is 26.3 Å². The molecular weight excluding hydrogens is 206 g/mol. The number of aryl methyl sites for hydroxylation is 1. The van der Waals surface area contributed by atoms with Crippen molar-refractivity contribution in [2.75, 3.05) is 25.5 Å². The molecule has 15 heavy (non-hydrogen) atoms. The SMILES string of the molecule is Cc1csc(NC2CCN(C)CC2C)n1. The van der Waals surface area contributed by atoms with Gasteiger partial charge in [0.05, 0.1) is 5.69 Å². The quantitative estimate of drug-likeness (QED) is 0.836. The lowest BCUT2D eigenvalue weighted by Crippen LogP contribution is -2.43. The normalized spacial score (nSPS) is 27.9. The van der Waals surface area contributed by atoms with E-state index in [4.69, 9.17) is 0 Å². The number of rotatable bonds is 2. The maximum atomic E-state index is 4.45. The number of aromatic nitrogens is 1. The summed E-state index contributed by atoms with van der Waals surface area (Å²) in [6, 6.07) is 0.590. The van der Waals surface area contributed by atoms with E-state index in [2.05, 4.69) is 34.6 Å². The predicted octanol–water partition coefficient (Wildman–Crippen LogP) is 2.20. The summed E-state index contributed by atoms with van der Waals surface area (Å²) in [7, 11) is 2.19. The summed E-state index contributed by atoms with van der Waals surface area (Å²) >= 11 is 1.71. The van der Waals surface area contributed by atoms with Crippen LogP contribution in [0, 0.1) is 12.8 Å². The lowest BCUT2D eigenvalue weighted by atomic mass is 9.94. The lowest BCUT2D eigenvalue weighted by Gasteiger charge is -2.35. The van der Waals surface area contributed by atoms with E-state index in [9.17, 15) is 0 Å². The zero-order valence-corrected chi connectivity index (χ0v) is 10.5. The van der Waals surface area contributed by atoms with Crippen molar-refractivity contribution in [3.05, 3.63) is 11.1 Å². The minimum Gasteiger partial charge on any atom is -0.358 e. The number of nitrogens with one attached hydrogen (secondary N) is 1. The van der Waals surface area contributed by atoms with Gasteiger partial charge in [0.2, 0.25) is 0 Å². The van der Waals surface area contributed by atoms with Crippen LogP contribution in [0.5, 0.6) is 0 Å². The zero-order valence-electron chi connectivity index (χ0n) is 9.66. The van der Waals surface area contributed by atoms with Gasteiger partial charge in [-0.3, -0.25) is 0 Å². The van der Waals surface area contributed by atoms with Crippen molar-refractivity contribution >= 4 is 16.5 Å². The summed E-state index contributed by atoms with van der Waals surface area (Å²) in [4.78, 5) is 6.85. The molecule has 0 saturated carbocycles. The van der Waals surface area contributed by atoms with E-state index in [1.165, 1.54) is 19.5 Å². The first-order valence-electron chi connectivity index (χ1n) is 5.52. The summed E-state index contributed by atoms with van der Waals surface area (Å²) in [5.41, 5.74) is 1.11. The van der Waals surface area contributed by atoms with E-state index >= 15 is 0 Å². The summed E-state index contributed by atoms with van der Waals surface area (Å²) in [6.45, 7) is 6.72. The third-order valence-electron chi connectivity index (χ3n) is 3.04. The smallest absolute Gasteiger partial charge is 0.183 e. The molecule has 0 bridgehead atoms. The molecule has 0 aromatic carbocycles. The Kier molecular flexibility index (Phi) is 3.26. The van der Waals surface area contributed by atoms with Crippen LogP contribution in [0.4, 0.5) is 5.13 Å². The second-order valence-electron chi connectivity index (χ2n) is 4.57. The van der Waals surface area contributed by atoms with Gasteiger partial charge in [-0.25, -0.2) is 4.98 Å². The molecule has 2 heterocycles. The van der Waals surface area contributed by atoms with Crippen molar-refractivity contribution in [3.8, 4) is 0 Å². The van der Waals surface area contributed by atoms with Crippen molar-refractivity contribution in [2.24, 2.45) is 5.92 Å². The van der Waals surface area contributed by atoms with Gasteiger partial charge in [0, 0.05) is 18.0 Å². The highest BCUT2D eigenvalue weighted by atomic mass is 32.1. The number of likely N-dealkylation sites (tertiary alicyclic amines) is 1. The number of anilines is 1. The molecule has 0 radical (unpaired) electrons. The molecule has 1 aromatic heterocycles. The third kappa shape index (κ3) is 2.69. The number of hydrogen-bond donors (Lipinski definition) is 1. The van der Waals surface area contributed by atoms with Gasteiger partial charge in [-0.1, -0.05) is 6.92 Å². The summed E-state index contributed by atoms with van der Waals surface area (Å²) in [5.74, 6) is 0.702. The molecule has 3 nitrogen and oxygen atoms in total. The highest BCUT2D eigenvalue weighted by Gasteiger charge is 2.24. The topological polar surface area (TPSA) is 28.2 Å². The summed E-state index contributed by atoms with van der Waals surface area (Å²) < 4.78 is 0. The molecule has 1 saturated heterocycles. The third-order valence-corrected chi connectivity index (χ3v) is 3.93. The van der Waals surface area contributed by atoms with Crippen LogP contribution in [-0.4, -0.2) is 36.1 Å². The molecule has 2 unspecified atom stereocenters. The average Bonchev–Trinajstić information content (AvgIpc) is 2.56. The summed E-state index contributed by atoms with van der Waals surface area (Å²) in [5, 5.41) is 6.73. The Hall–Kier alpha value is -0.610. The first-order valence-corrected chi connectivity index (χ1v) is 6.40. The van der Waals surface area contributed by atoms with Crippen LogP contribution in [0.25, 0.3) is 0 Å². The Bertz CT molecular complexity index is 323. The molecule has 1 fully saturated rings. The standard InChI is InChI=1S/C11H19N3S/c1-8-6-14(3)5-4-10(8)13-11-12-9(2)7-15-11/h7-8,10H,4-6H2,1-3H3,(H,12,13). The molecule has 2 atom stereocenters. The van der Waals surface area contributed by atoms with Crippen molar-refractivity contribution in [1.82, 2.24) is 9.88 Å². The van der Waals surface area contributed by atoms with Gasteiger partial charge in [0.15, 0.2) is 5.13 Å². The molecule has 0 amide bonds. The molecule has 1 N–H and O–H groups in total. The molecule has 1 aliphatic rings. The van der Waals surface area contributed by atoms with Gasteiger partial charge < -0.3 is 10.2 Å². The van der Waals surface area contributed by atoms with Crippen LogP contribution >= 0.6 is 11.3 Å².